The largest absolute Gasteiger partial charge is 0.497 e. The van der Waals surface area contributed by atoms with Crippen LogP contribution in [0.4, 0.5) is 11.4 Å². The van der Waals surface area contributed by atoms with Crippen LogP contribution in [-0.4, -0.2) is 14.2 Å². The molecule has 0 aliphatic rings. The molecule has 0 saturated carbocycles. The Labute approximate surface area is 147 Å². The molecular weight excluding hydrogens is 318 g/mol. The van der Waals surface area contributed by atoms with Gasteiger partial charge in [0.15, 0.2) is 0 Å². The van der Waals surface area contributed by atoms with Crippen molar-refractivity contribution < 1.29 is 9.47 Å². The normalized spacial score (nSPS) is 10.9. The number of methoxy groups -OCH3 is 2. The van der Waals surface area contributed by atoms with Gasteiger partial charge in [0.2, 0.25) is 0 Å². The highest BCUT2D eigenvalue weighted by Crippen LogP contribution is 2.40. The Balaban J connectivity index is 2.10. The number of aryl methyl sites for hydroxylation is 4. The predicted molar refractivity (Wildman–Crippen MR) is 104 cm³/mol. The van der Waals surface area contributed by atoms with Gasteiger partial charge in [0.1, 0.15) is 11.5 Å². The average molecular weight is 341 g/mol. The molecule has 0 amide bonds. The monoisotopic (exact) mass is 341 g/mol. The van der Waals surface area contributed by atoms with Gasteiger partial charge >= 0.3 is 0 Å². The number of rotatable bonds is 4. The van der Waals surface area contributed by atoms with Gasteiger partial charge in [-0.25, -0.2) is 0 Å². The summed E-state index contributed by atoms with van der Waals surface area (Å²) in [4.78, 5) is 1.38. The Morgan fingerprint density at radius 1 is 0.875 bits per heavy atom. The highest BCUT2D eigenvalue weighted by Gasteiger charge is 2.14. The number of hydrogen-bond donors (Lipinski definition) is 1. The van der Waals surface area contributed by atoms with Crippen molar-refractivity contribution in [1.29, 1.82) is 0 Å². The van der Waals surface area contributed by atoms with Crippen LogP contribution in [0.3, 0.4) is 0 Å². The summed E-state index contributed by atoms with van der Waals surface area (Å²) in [6.45, 7) is 8.76. The van der Waals surface area contributed by atoms with Gasteiger partial charge in [0, 0.05) is 21.3 Å². The second kappa shape index (κ2) is 6.36. The van der Waals surface area contributed by atoms with E-state index in [4.69, 9.17) is 9.47 Å². The lowest BCUT2D eigenvalue weighted by Gasteiger charge is -2.16. The minimum Gasteiger partial charge on any atom is -0.497 e. The fourth-order valence-corrected chi connectivity index (χ4v) is 4.30. The first-order valence-electron chi connectivity index (χ1n) is 7.95. The summed E-state index contributed by atoms with van der Waals surface area (Å²) in [5.41, 5.74) is 6.01. The van der Waals surface area contributed by atoms with Crippen LogP contribution in [0.15, 0.2) is 24.3 Å². The van der Waals surface area contributed by atoms with Gasteiger partial charge < -0.3 is 14.8 Å². The second-order valence-electron chi connectivity index (χ2n) is 6.04. The molecule has 3 nitrogen and oxygen atoms in total. The quantitative estimate of drug-likeness (QED) is 0.641. The van der Waals surface area contributed by atoms with Crippen molar-refractivity contribution in [2.75, 3.05) is 19.5 Å². The SMILES string of the molecule is COc1ccc(Nc2cc(C)c3c(C)c(C)sc3c2C)c(OC)c1. The van der Waals surface area contributed by atoms with E-state index in [1.165, 1.54) is 31.7 Å². The first-order chi connectivity index (χ1) is 11.5. The zero-order chi connectivity index (χ0) is 17.4. The van der Waals surface area contributed by atoms with E-state index in [1.807, 2.05) is 29.5 Å². The van der Waals surface area contributed by atoms with Crippen LogP contribution in [0.5, 0.6) is 11.5 Å². The first kappa shape index (κ1) is 16.7. The molecule has 0 bridgehead atoms. The Kier molecular flexibility index (Phi) is 4.41. The molecule has 2 aromatic carbocycles. The molecule has 24 heavy (non-hydrogen) atoms. The fourth-order valence-electron chi connectivity index (χ4n) is 3.06. The van der Waals surface area contributed by atoms with E-state index in [-0.39, 0.29) is 0 Å². The Morgan fingerprint density at radius 3 is 2.29 bits per heavy atom. The standard InChI is InChI=1S/C20H23NO2S/c1-11-9-17(13(3)20-19(11)12(2)14(4)24-20)21-16-8-7-15(22-5)10-18(16)23-6/h7-10,21H,1-6H3. The molecule has 1 N–H and O–H groups in total. The molecule has 0 aliphatic carbocycles. The summed E-state index contributed by atoms with van der Waals surface area (Å²) in [5.74, 6) is 1.55. The Bertz CT molecular complexity index is 912. The van der Waals surface area contributed by atoms with Crippen molar-refractivity contribution >= 4 is 32.8 Å². The zero-order valence-electron chi connectivity index (χ0n) is 15.0. The average Bonchev–Trinajstić information content (AvgIpc) is 2.88. The van der Waals surface area contributed by atoms with Crippen molar-refractivity contribution in [3.63, 3.8) is 0 Å². The first-order valence-corrected chi connectivity index (χ1v) is 8.76. The van der Waals surface area contributed by atoms with E-state index < -0.39 is 0 Å². The van der Waals surface area contributed by atoms with Gasteiger partial charge in [0.05, 0.1) is 19.9 Å². The van der Waals surface area contributed by atoms with Gasteiger partial charge in [-0.05, 0) is 68.0 Å². The smallest absolute Gasteiger partial charge is 0.145 e. The van der Waals surface area contributed by atoms with Crippen molar-refractivity contribution in [3.8, 4) is 11.5 Å². The maximum Gasteiger partial charge on any atom is 0.145 e. The summed E-state index contributed by atoms with van der Waals surface area (Å²) in [5, 5.41) is 4.92. The third kappa shape index (κ3) is 2.71. The van der Waals surface area contributed by atoms with Crippen LogP contribution in [0.1, 0.15) is 21.6 Å². The van der Waals surface area contributed by atoms with Crippen LogP contribution in [-0.2, 0) is 0 Å². The Morgan fingerprint density at radius 2 is 1.62 bits per heavy atom. The summed E-state index contributed by atoms with van der Waals surface area (Å²) in [7, 11) is 3.33. The minimum atomic E-state index is 0.769. The molecule has 0 aliphatic heterocycles. The lowest BCUT2D eigenvalue weighted by atomic mass is 10.0. The van der Waals surface area contributed by atoms with Crippen LogP contribution < -0.4 is 14.8 Å². The third-order valence-corrected chi connectivity index (χ3v) is 5.89. The maximum atomic E-state index is 5.50. The summed E-state index contributed by atoms with van der Waals surface area (Å²) >= 11 is 1.87. The molecule has 0 atom stereocenters. The minimum absolute atomic E-state index is 0.769. The van der Waals surface area contributed by atoms with Crippen LogP contribution in [0.2, 0.25) is 0 Å². The van der Waals surface area contributed by atoms with Crippen LogP contribution in [0.25, 0.3) is 10.1 Å². The molecule has 1 heterocycles. The van der Waals surface area contributed by atoms with Crippen molar-refractivity contribution in [2.45, 2.75) is 27.7 Å². The molecular formula is C20H23NO2S. The molecule has 3 aromatic rings. The van der Waals surface area contributed by atoms with Crippen LogP contribution >= 0.6 is 11.3 Å². The molecule has 1 aromatic heterocycles. The van der Waals surface area contributed by atoms with Crippen molar-refractivity contribution in [1.82, 2.24) is 0 Å². The number of fused-ring (bicyclic) bond motifs is 1. The number of nitrogens with one attached hydrogen (secondary N) is 1. The highest BCUT2D eigenvalue weighted by molar-refractivity contribution is 7.19. The van der Waals surface area contributed by atoms with E-state index in [1.54, 1.807) is 14.2 Å². The third-order valence-electron chi connectivity index (χ3n) is 4.56. The predicted octanol–water partition coefficient (Wildman–Crippen LogP) is 5.90. The lowest BCUT2D eigenvalue weighted by molar-refractivity contribution is 0.395. The maximum absolute atomic E-state index is 5.50. The van der Waals surface area contributed by atoms with Gasteiger partial charge in [-0.15, -0.1) is 11.3 Å². The number of ether oxygens (including phenoxy) is 2. The molecule has 0 saturated heterocycles. The van der Waals surface area contributed by atoms with Gasteiger partial charge in [0.25, 0.3) is 0 Å². The van der Waals surface area contributed by atoms with Gasteiger partial charge in [-0.2, -0.15) is 0 Å². The molecule has 0 radical (unpaired) electrons. The lowest BCUT2D eigenvalue weighted by Crippen LogP contribution is -1.98. The number of benzene rings is 2. The highest BCUT2D eigenvalue weighted by atomic mass is 32.1. The second-order valence-corrected chi connectivity index (χ2v) is 7.27. The topological polar surface area (TPSA) is 30.5 Å². The molecule has 3 rings (SSSR count). The fraction of sp³-hybridized carbons (Fsp3) is 0.300. The van der Waals surface area contributed by atoms with Gasteiger partial charge in [-0.1, -0.05) is 0 Å². The number of hydrogen-bond acceptors (Lipinski definition) is 4. The summed E-state index contributed by atoms with van der Waals surface area (Å²) < 4.78 is 12.1. The van der Waals surface area contributed by atoms with E-state index in [9.17, 15) is 0 Å². The van der Waals surface area contributed by atoms with Crippen molar-refractivity contribution in [3.05, 3.63) is 45.8 Å². The van der Waals surface area contributed by atoms with E-state index in [0.29, 0.717) is 0 Å². The number of anilines is 2. The van der Waals surface area contributed by atoms with Gasteiger partial charge in [-0.3, -0.25) is 0 Å². The van der Waals surface area contributed by atoms with Crippen molar-refractivity contribution in [2.24, 2.45) is 0 Å². The molecule has 4 heteroatoms. The summed E-state index contributed by atoms with van der Waals surface area (Å²) in [6, 6.07) is 8.04. The van der Waals surface area contributed by atoms with E-state index in [0.717, 1.165) is 22.9 Å². The number of thiophene rings is 1. The van der Waals surface area contributed by atoms with E-state index in [2.05, 4.69) is 39.1 Å². The van der Waals surface area contributed by atoms with Crippen LogP contribution in [0, 0.1) is 27.7 Å². The molecule has 0 unspecified atom stereocenters. The Hall–Kier alpha value is -2.20. The van der Waals surface area contributed by atoms with E-state index >= 15 is 0 Å². The zero-order valence-corrected chi connectivity index (χ0v) is 15.9. The molecule has 126 valence electrons. The molecule has 0 spiro atoms. The summed E-state index contributed by atoms with van der Waals surface area (Å²) in [6.07, 6.45) is 0. The molecule has 0 fully saturated rings.